The molecule has 0 atom stereocenters. The van der Waals surface area contributed by atoms with Gasteiger partial charge < -0.3 is 0 Å². The summed E-state index contributed by atoms with van der Waals surface area (Å²) in [6, 6.07) is 125. The molecular weight excluding hydrogens is 1350 g/mol. The Labute approximate surface area is 666 Å². The molecular formula is C108H120Si2. The second-order valence-corrected chi connectivity index (χ2v) is 45.0. The highest BCUT2D eigenvalue weighted by atomic mass is 28.3. The Balaban J connectivity index is 0.000000153. The molecule has 0 fully saturated rings. The van der Waals surface area contributed by atoms with Gasteiger partial charge in [0.05, 0.1) is 16.1 Å². The summed E-state index contributed by atoms with van der Waals surface area (Å²) in [5.41, 5.74) is 33.2. The molecule has 0 bridgehead atoms. The molecule has 0 aliphatic carbocycles. The zero-order valence-electron chi connectivity index (χ0n) is 69.9. The van der Waals surface area contributed by atoms with Crippen molar-refractivity contribution in [1.29, 1.82) is 0 Å². The van der Waals surface area contributed by atoms with Gasteiger partial charge in [0.1, 0.15) is 0 Å². The molecule has 0 aromatic heterocycles. The molecule has 14 aromatic carbocycles. The van der Waals surface area contributed by atoms with Crippen LogP contribution in [-0.2, 0) is 16.2 Å². The average molecular weight is 1470 g/mol. The summed E-state index contributed by atoms with van der Waals surface area (Å²) in [5, 5.41) is 3.04. The predicted octanol–water partition coefficient (Wildman–Crippen LogP) is 30.3. The van der Waals surface area contributed by atoms with Crippen LogP contribution in [0.25, 0.3) is 89.0 Å². The fourth-order valence-corrected chi connectivity index (χ4v) is 15.3. The van der Waals surface area contributed by atoms with Crippen LogP contribution >= 0.6 is 0 Å². The number of benzene rings is 14. The summed E-state index contributed by atoms with van der Waals surface area (Å²) in [6.45, 7) is 47.3. The number of aryl methyl sites for hydroxylation is 6. The maximum atomic E-state index is 2.38. The van der Waals surface area contributed by atoms with Crippen LogP contribution in [0.15, 0.2) is 346 Å². The Bertz CT molecular complexity index is 4790. The number of rotatable bonds is 10. The minimum absolute atomic E-state index is 0.227. The molecule has 0 nitrogen and oxygen atoms in total. The minimum Gasteiger partial charge on any atom is -0.0656 e. The fraction of sp³-hybridized carbons (Fsp3) is 0.222. The normalized spacial score (nSPS) is 11.3. The molecule has 0 amide bonds. The van der Waals surface area contributed by atoms with Crippen molar-refractivity contribution in [3.63, 3.8) is 0 Å². The molecule has 0 unspecified atom stereocenters. The lowest BCUT2D eigenvalue weighted by atomic mass is 9.86. The highest BCUT2D eigenvalue weighted by Crippen LogP contribution is 2.37. The van der Waals surface area contributed by atoms with Crippen LogP contribution in [0, 0.1) is 41.5 Å². The van der Waals surface area contributed by atoms with Crippen LogP contribution in [0.3, 0.4) is 0 Å². The molecule has 0 radical (unpaired) electrons. The lowest BCUT2D eigenvalue weighted by Crippen LogP contribution is -2.37. The van der Waals surface area contributed by atoms with E-state index in [9.17, 15) is 0 Å². The molecule has 0 spiro atoms. The van der Waals surface area contributed by atoms with Crippen molar-refractivity contribution < 1.29 is 0 Å². The zero-order valence-corrected chi connectivity index (χ0v) is 71.9. The van der Waals surface area contributed by atoms with Crippen molar-refractivity contribution in [1.82, 2.24) is 0 Å². The van der Waals surface area contributed by atoms with Crippen LogP contribution in [0.1, 0.15) is 112 Å². The van der Waals surface area contributed by atoms with Gasteiger partial charge in [-0.2, -0.15) is 0 Å². The first kappa shape index (κ1) is 83.6. The van der Waals surface area contributed by atoms with E-state index in [-0.39, 0.29) is 16.2 Å². The highest BCUT2D eigenvalue weighted by molar-refractivity contribution is 6.89. The van der Waals surface area contributed by atoms with Crippen LogP contribution in [-0.4, -0.2) is 16.1 Å². The van der Waals surface area contributed by atoms with Crippen molar-refractivity contribution in [3.8, 4) is 89.0 Å². The van der Waals surface area contributed by atoms with E-state index in [1.54, 1.807) is 0 Å². The van der Waals surface area contributed by atoms with Crippen molar-refractivity contribution in [2.24, 2.45) is 0 Å². The van der Waals surface area contributed by atoms with Gasteiger partial charge in [-0.1, -0.05) is 485 Å². The second-order valence-electron chi connectivity index (χ2n) is 34.8. The number of hydrogen-bond donors (Lipinski definition) is 0. The van der Waals surface area contributed by atoms with Gasteiger partial charge in [-0.3, -0.25) is 0 Å². The Morgan fingerprint density at radius 2 is 0.373 bits per heavy atom. The molecule has 0 saturated carbocycles. The molecule has 0 aliphatic rings. The molecule has 110 heavy (non-hydrogen) atoms. The highest BCUT2D eigenvalue weighted by Gasteiger charge is 2.19. The molecule has 0 aliphatic heterocycles. The molecule has 0 saturated heterocycles. The Morgan fingerprint density at radius 1 is 0.164 bits per heavy atom. The van der Waals surface area contributed by atoms with E-state index in [0.29, 0.717) is 0 Å². The molecule has 560 valence electrons. The first-order valence-electron chi connectivity index (χ1n) is 39.3. The quantitative estimate of drug-likeness (QED) is 0.120. The van der Waals surface area contributed by atoms with Crippen molar-refractivity contribution >= 4 is 26.5 Å². The SMILES string of the molecule is Cc1ccc(-c2ccc(-c3ccccc3)c(-c3ccccc3)c2)cc1.Cc1ccc(-c2ccc(C(C)(C)C)cc2)cc1.Cc1ccc(-c2ccc([Si](C)(C)C)cc2)cc1.Cc1cccc(-c2ccc(C(C)(C)C)cc2)c1.Cc1cccc(-c2ccc(C(C)(C)C)cc2)c1.Cc1cccc(-c2ccc([Si](C)(C)C)cc2)c1. The average Bonchev–Trinajstić information content (AvgIpc) is 0.798. The molecule has 0 heterocycles. The summed E-state index contributed by atoms with van der Waals surface area (Å²) >= 11 is 0. The Kier molecular flexibility index (Phi) is 28.7. The van der Waals surface area contributed by atoms with Gasteiger partial charge in [0.25, 0.3) is 0 Å². The summed E-state index contributed by atoms with van der Waals surface area (Å²) < 4.78 is 0. The van der Waals surface area contributed by atoms with E-state index in [2.05, 4.69) is 489 Å². The summed E-state index contributed by atoms with van der Waals surface area (Å²) in [4.78, 5) is 0. The van der Waals surface area contributed by atoms with Crippen LogP contribution in [0.2, 0.25) is 39.3 Å². The lowest BCUT2D eigenvalue weighted by molar-refractivity contribution is 0.590. The van der Waals surface area contributed by atoms with Gasteiger partial charge in [0.2, 0.25) is 0 Å². The van der Waals surface area contributed by atoms with Crippen LogP contribution in [0.5, 0.6) is 0 Å². The standard InChI is InChI=1S/C25H20.3C17H20.2C16H20Si/c1-19-12-14-20(15-13-19)23-16-17-24(21-8-4-2-5-9-21)25(18-23)22-10-6-3-7-11-22;1-13-5-7-14(8-6-13)15-9-11-16(12-10-15)17(2,3)4;2*1-13-6-5-7-15(12-13)14-8-10-16(11-9-14)17(2,3)4;1-13-5-7-14(8-6-13)15-9-11-16(12-10-15)17(2,3)4;1-13-6-5-7-15(12-13)14-8-10-16(11-9-14)17(2,3)4/h2-18H,1H3;5*5-12H,1-4H3. The first-order chi connectivity index (χ1) is 52.1. The van der Waals surface area contributed by atoms with Gasteiger partial charge in [-0.25, -0.2) is 0 Å². The van der Waals surface area contributed by atoms with E-state index in [1.165, 1.54) is 149 Å². The van der Waals surface area contributed by atoms with Crippen molar-refractivity contribution in [2.45, 2.75) is 159 Å². The monoisotopic (exact) mass is 1470 g/mol. The smallest absolute Gasteiger partial charge is 0.0656 e. The second kappa shape index (κ2) is 37.8. The predicted molar refractivity (Wildman–Crippen MR) is 493 cm³/mol. The first-order valence-corrected chi connectivity index (χ1v) is 46.3. The third kappa shape index (κ3) is 25.0. The molecule has 14 rings (SSSR count). The van der Waals surface area contributed by atoms with E-state index in [0.717, 1.165) is 0 Å². The van der Waals surface area contributed by atoms with Gasteiger partial charge in [0, 0.05) is 0 Å². The van der Waals surface area contributed by atoms with Gasteiger partial charge in [0.15, 0.2) is 0 Å². The maximum Gasteiger partial charge on any atom is 0.0775 e. The molecule has 14 aromatic rings. The largest absolute Gasteiger partial charge is 0.0775 e. The van der Waals surface area contributed by atoms with Crippen LogP contribution < -0.4 is 10.4 Å². The third-order valence-corrected chi connectivity index (χ3v) is 24.3. The zero-order chi connectivity index (χ0) is 79.4. The maximum absolute atomic E-state index is 2.38. The summed E-state index contributed by atoms with van der Waals surface area (Å²) in [5.74, 6) is 0. The topological polar surface area (TPSA) is 0 Å². The fourth-order valence-electron chi connectivity index (χ4n) is 13.0. The Hall–Kier alpha value is -10.5. The third-order valence-electron chi connectivity index (χ3n) is 20.2. The van der Waals surface area contributed by atoms with Gasteiger partial charge in [-0.05, 0) is 170 Å². The Morgan fingerprint density at radius 3 is 0.618 bits per heavy atom. The molecule has 0 N–H and O–H groups in total. The summed E-state index contributed by atoms with van der Waals surface area (Å²) in [7, 11) is -2.33. The summed E-state index contributed by atoms with van der Waals surface area (Å²) in [6.07, 6.45) is 0. The minimum atomic E-state index is -1.17. The van der Waals surface area contributed by atoms with Gasteiger partial charge >= 0.3 is 0 Å². The van der Waals surface area contributed by atoms with Crippen molar-refractivity contribution in [3.05, 3.63) is 396 Å². The number of hydrogen-bond acceptors (Lipinski definition) is 0. The lowest BCUT2D eigenvalue weighted by Gasteiger charge is -2.19. The van der Waals surface area contributed by atoms with E-state index >= 15 is 0 Å². The van der Waals surface area contributed by atoms with Crippen molar-refractivity contribution in [2.75, 3.05) is 0 Å². The van der Waals surface area contributed by atoms with E-state index < -0.39 is 16.1 Å². The molecule has 2 heteroatoms. The van der Waals surface area contributed by atoms with Gasteiger partial charge in [-0.15, -0.1) is 0 Å². The van der Waals surface area contributed by atoms with E-state index in [1.807, 2.05) is 0 Å². The van der Waals surface area contributed by atoms with E-state index in [4.69, 9.17) is 0 Å². The van der Waals surface area contributed by atoms with Crippen LogP contribution in [0.4, 0.5) is 0 Å².